The minimum absolute atomic E-state index is 0.248. The van der Waals surface area contributed by atoms with Crippen LogP contribution < -0.4 is 0 Å². The molecule has 1 aromatic rings. The van der Waals surface area contributed by atoms with Crippen LogP contribution in [0.3, 0.4) is 0 Å². The van der Waals surface area contributed by atoms with Crippen LogP contribution in [0.15, 0.2) is 30.8 Å². The van der Waals surface area contributed by atoms with Gasteiger partial charge in [0.2, 0.25) is 0 Å². The summed E-state index contributed by atoms with van der Waals surface area (Å²) in [5.74, 6) is 0.0194. The molecule has 0 aliphatic rings. The standard InChI is InChI=1S/C12H13ClO2/c1-2-10-5-3-4-6-11(10)9-15-12(14)7-8-13/h2-6H,1,7-9H2. The third-order valence-electron chi connectivity index (χ3n) is 1.96. The molecule has 0 fully saturated rings. The molecule has 0 atom stereocenters. The fraction of sp³-hybridized carbons (Fsp3) is 0.250. The van der Waals surface area contributed by atoms with Gasteiger partial charge in [-0.15, -0.1) is 11.6 Å². The van der Waals surface area contributed by atoms with Crippen molar-refractivity contribution in [3.8, 4) is 0 Å². The van der Waals surface area contributed by atoms with E-state index in [9.17, 15) is 4.79 Å². The molecule has 0 heterocycles. The Morgan fingerprint density at radius 1 is 1.47 bits per heavy atom. The van der Waals surface area contributed by atoms with Gasteiger partial charge < -0.3 is 4.74 Å². The van der Waals surface area contributed by atoms with E-state index in [0.717, 1.165) is 11.1 Å². The molecule has 0 aromatic heterocycles. The number of carbonyl (C=O) groups is 1. The van der Waals surface area contributed by atoms with Gasteiger partial charge in [-0.3, -0.25) is 4.79 Å². The summed E-state index contributed by atoms with van der Waals surface area (Å²) < 4.78 is 5.04. The van der Waals surface area contributed by atoms with E-state index < -0.39 is 0 Å². The number of rotatable bonds is 5. The molecule has 0 aliphatic carbocycles. The van der Waals surface area contributed by atoms with Gasteiger partial charge in [-0.25, -0.2) is 0 Å². The van der Waals surface area contributed by atoms with Crippen LogP contribution in [0.5, 0.6) is 0 Å². The van der Waals surface area contributed by atoms with E-state index in [1.807, 2.05) is 24.3 Å². The molecule has 0 spiro atoms. The van der Waals surface area contributed by atoms with Crippen LogP contribution in [-0.2, 0) is 16.1 Å². The lowest BCUT2D eigenvalue weighted by atomic mass is 10.1. The van der Waals surface area contributed by atoms with Crippen LogP contribution in [0, 0.1) is 0 Å². The van der Waals surface area contributed by atoms with E-state index in [0.29, 0.717) is 5.88 Å². The van der Waals surface area contributed by atoms with Gasteiger partial charge in [0, 0.05) is 5.88 Å². The van der Waals surface area contributed by atoms with Crippen molar-refractivity contribution in [2.45, 2.75) is 13.0 Å². The van der Waals surface area contributed by atoms with Gasteiger partial charge >= 0.3 is 5.97 Å². The van der Waals surface area contributed by atoms with E-state index in [-0.39, 0.29) is 19.0 Å². The molecule has 0 amide bonds. The van der Waals surface area contributed by atoms with Gasteiger partial charge in [-0.05, 0) is 11.1 Å². The Morgan fingerprint density at radius 3 is 2.87 bits per heavy atom. The summed E-state index contributed by atoms with van der Waals surface area (Å²) in [6, 6.07) is 7.65. The topological polar surface area (TPSA) is 26.3 Å². The van der Waals surface area contributed by atoms with E-state index in [1.165, 1.54) is 0 Å². The molecule has 15 heavy (non-hydrogen) atoms. The summed E-state index contributed by atoms with van der Waals surface area (Å²) >= 11 is 5.42. The molecule has 80 valence electrons. The maximum Gasteiger partial charge on any atom is 0.307 e. The third kappa shape index (κ3) is 3.76. The Kier molecular flexibility index (Phi) is 4.91. The van der Waals surface area contributed by atoms with Crippen LogP contribution in [0.1, 0.15) is 17.5 Å². The number of benzene rings is 1. The molecule has 0 bridgehead atoms. The van der Waals surface area contributed by atoms with Crippen LogP contribution in [0.2, 0.25) is 0 Å². The highest BCUT2D eigenvalue weighted by atomic mass is 35.5. The van der Waals surface area contributed by atoms with Crippen LogP contribution >= 0.6 is 11.6 Å². The Balaban J connectivity index is 2.57. The van der Waals surface area contributed by atoms with Gasteiger partial charge in [0.1, 0.15) is 6.61 Å². The van der Waals surface area contributed by atoms with Crippen molar-refractivity contribution in [3.05, 3.63) is 42.0 Å². The van der Waals surface area contributed by atoms with Gasteiger partial charge in [0.05, 0.1) is 6.42 Å². The highest BCUT2D eigenvalue weighted by Crippen LogP contribution is 2.11. The summed E-state index contributed by atoms with van der Waals surface area (Å²) in [5.41, 5.74) is 1.94. The van der Waals surface area contributed by atoms with Crippen molar-refractivity contribution in [2.24, 2.45) is 0 Å². The molecule has 0 N–H and O–H groups in total. The average Bonchev–Trinajstić information content (AvgIpc) is 2.27. The maximum absolute atomic E-state index is 11.1. The Morgan fingerprint density at radius 2 is 2.20 bits per heavy atom. The molecule has 0 radical (unpaired) electrons. The highest BCUT2D eigenvalue weighted by molar-refractivity contribution is 6.18. The van der Waals surface area contributed by atoms with Gasteiger partial charge in [0.25, 0.3) is 0 Å². The van der Waals surface area contributed by atoms with Crippen molar-refractivity contribution in [3.63, 3.8) is 0 Å². The van der Waals surface area contributed by atoms with Crippen LogP contribution in [-0.4, -0.2) is 11.8 Å². The molecule has 0 saturated heterocycles. The SMILES string of the molecule is C=Cc1ccccc1COC(=O)CCCl. The molecule has 0 aliphatic heterocycles. The van der Waals surface area contributed by atoms with Gasteiger partial charge in [-0.1, -0.05) is 36.9 Å². The van der Waals surface area contributed by atoms with E-state index in [4.69, 9.17) is 16.3 Å². The number of carbonyl (C=O) groups excluding carboxylic acids is 1. The Labute approximate surface area is 94.5 Å². The van der Waals surface area contributed by atoms with E-state index in [2.05, 4.69) is 6.58 Å². The first kappa shape index (κ1) is 11.8. The number of alkyl halides is 1. The number of hydrogen-bond donors (Lipinski definition) is 0. The molecule has 3 heteroatoms. The second-order valence-corrected chi connectivity index (χ2v) is 3.38. The van der Waals surface area contributed by atoms with E-state index >= 15 is 0 Å². The third-order valence-corrected chi connectivity index (χ3v) is 2.15. The predicted molar refractivity (Wildman–Crippen MR) is 61.7 cm³/mol. The monoisotopic (exact) mass is 224 g/mol. The number of esters is 1. The average molecular weight is 225 g/mol. The second-order valence-electron chi connectivity index (χ2n) is 3.00. The number of ether oxygens (including phenoxy) is 1. The number of halogens is 1. The fourth-order valence-electron chi connectivity index (χ4n) is 1.17. The molecule has 0 unspecified atom stereocenters. The zero-order valence-corrected chi connectivity index (χ0v) is 9.17. The van der Waals surface area contributed by atoms with Crippen LogP contribution in [0.4, 0.5) is 0 Å². The Hall–Kier alpha value is -1.28. The Bertz CT molecular complexity index is 347. The van der Waals surface area contributed by atoms with Crippen LogP contribution in [0.25, 0.3) is 6.08 Å². The lowest BCUT2D eigenvalue weighted by Gasteiger charge is -2.06. The molecular weight excluding hydrogens is 212 g/mol. The van der Waals surface area contributed by atoms with Crippen molar-refractivity contribution in [2.75, 3.05) is 5.88 Å². The summed E-state index contributed by atoms with van der Waals surface area (Å²) in [7, 11) is 0. The minimum Gasteiger partial charge on any atom is -0.461 e. The summed E-state index contributed by atoms with van der Waals surface area (Å²) in [4.78, 5) is 11.1. The first-order valence-electron chi connectivity index (χ1n) is 4.70. The van der Waals surface area contributed by atoms with E-state index in [1.54, 1.807) is 6.08 Å². The molecule has 2 nitrogen and oxygen atoms in total. The molecular formula is C12H13ClO2. The van der Waals surface area contributed by atoms with Crippen molar-refractivity contribution in [1.82, 2.24) is 0 Å². The predicted octanol–water partition coefficient (Wildman–Crippen LogP) is 3.00. The summed E-state index contributed by atoms with van der Waals surface area (Å²) in [6.45, 7) is 3.97. The normalized spacial score (nSPS) is 9.67. The lowest BCUT2D eigenvalue weighted by molar-refractivity contribution is -0.144. The zero-order chi connectivity index (χ0) is 11.1. The lowest BCUT2D eigenvalue weighted by Crippen LogP contribution is -2.05. The fourth-order valence-corrected chi connectivity index (χ4v) is 1.33. The number of hydrogen-bond acceptors (Lipinski definition) is 2. The molecule has 1 rings (SSSR count). The summed E-state index contributed by atoms with van der Waals surface area (Å²) in [6.07, 6.45) is 1.99. The smallest absolute Gasteiger partial charge is 0.307 e. The first-order valence-corrected chi connectivity index (χ1v) is 5.23. The van der Waals surface area contributed by atoms with Gasteiger partial charge in [-0.2, -0.15) is 0 Å². The van der Waals surface area contributed by atoms with Crippen molar-refractivity contribution in [1.29, 1.82) is 0 Å². The quantitative estimate of drug-likeness (QED) is 0.568. The van der Waals surface area contributed by atoms with Gasteiger partial charge in [0.15, 0.2) is 0 Å². The summed E-state index contributed by atoms with van der Waals surface area (Å²) in [5, 5.41) is 0. The highest BCUT2D eigenvalue weighted by Gasteiger charge is 2.03. The minimum atomic E-state index is -0.274. The first-order chi connectivity index (χ1) is 7.27. The zero-order valence-electron chi connectivity index (χ0n) is 8.41. The second kappa shape index (κ2) is 6.25. The van der Waals surface area contributed by atoms with Crippen molar-refractivity contribution >= 4 is 23.6 Å². The van der Waals surface area contributed by atoms with Crippen molar-refractivity contribution < 1.29 is 9.53 Å². The largest absolute Gasteiger partial charge is 0.461 e. The maximum atomic E-state index is 11.1. The molecule has 0 saturated carbocycles. The molecule has 1 aromatic carbocycles.